The maximum absolute atomic E-state index is 11.7. The lowest BCUT2D eigenvalue weighted by molar-refractivity contribution is -0.123. The van der Waals surface area contributed by atoms with Crippen molar-refractivity contribution in [3.63, 3.8) is 0 Å². The first-order valence-corrected chi connectivity index (χ1v) is 7.42. The van der Waals surface area contributed by atoms with Crippen molar-refractivity contribution in [1.29, 1.82) is 0 Å². The van der Waals surface area contributed by atoms with Gasteiger partial charge in [-0.1, -0.05) is 29.8 Å². The van der Waals surface area contributed by atoms with Crippen LogP contribution in [0, 0.1) is 10.5 Å². The molecule has 0 aliphatic heterocycles. The third-order valence-electron chi connectivity index (χ3n) is 2.76. The van der Waals surface area contributed by atoms with Gasteiger partial charge in [-0.15, -0.1) is 0 Å². The Kier molecular flexibility index (Phi) is 5.40. The first-order chi connectivity index (χ1) is 9.63. The monoisotopic (exact) mass is 381 g/mol. The van der Waals surface area contributed by atoms with Crippen molar-refractivity contribution in [3.05, 3.63) is 63.2 Å². The Bertz CT molecular complexity index is 581. The number of aryl methyl sites for hydroxylation is 1. The van der Waals surface area contributed by atoms with Crippen molar-refractivity contribution in [1.82, 2.24) is 5.32 Å². The fourth-order valence-corrected chi connectivity index (χ4v) is 2.11. The van der Waals surface area contributed by atoms with Crippen LogP contribution in [0.25, 0.3) is 0 Å². The van der Waals surface area contributed by atoms with E-state index in [-0.39, 0.29) is 12.5 Å². The summed E-state index contributed by atoms with van der Waals surface area (Å²) in [5.74, 6) is 0.584. The van der Waals surface area contributed by atoms with Crippen LogP contribution >= 0.6 is 22.6 Å². The summed E-state index contributed by atoms with van der Waals surface area (Å²) in [4.78, 5) is 11.7. The predicted molar refractivity (Wildman–Crippen MR) is 87.7 cm³/mol. The van der Waals surface area contributed by atoms with Gasteiger partial charge in [0.05, 0.1) is 0 Å². The summed E-state index contributed by atoms with van der Waals surface area (Å²) in [6, 6.07) is 15.7. The number of nitrogens with one attached hydrogen (secondary N) is 1. The second-order valence-electron chi connectivity index (χ2n) is 4.51. The zero-order valence-corrected chi connectivity index (χ0v) is 13.4. The highest BCUT2D eigenvalue weighted by Gasteiger charge is 2.03. The molecule has 0 aliphatic rings. The summed E-state index contributed by atoms with van der Waals surface area (Å²) >= 11 is 2.23. The van der Waals surface area contributed by atoms with Gasteiger partial charge < -0.3 is 10.1 Å². The van der Waals surface area contributed by atoms with Gasteiger partial charge in [0.15, 0.2) is 6.61 Å². The van der Waals surface area contributed by atoms with E-state index in [1.807, 2.05) is 49.4 Å². The third-order valence-corrected chi connectivity index (χ3v) is 3.47. The molecule has 0 atom stereocenters. The van der Waals surface area contributed by atoms with Crippen LogP contribution in [-0.2, 0) is 11.3 Å². The number of hydrogen-bond acceptors (Lipinski definition) is 2. The molecule has 0 saturated carbocycles. The van der Waals surface area contributed by atoms with E-state index in [9.17, 15) is 4.79 Å². The zero-order chi connectivity index (χ0) is 14.4. The van der Waals surface area contributed by atoms with Crippen LogP contribution in [0.1, 0.15) is 11.1 Å². The molecule has 0 bridgehead atoms. The highest BCUT2D eigenvalue weighted by molar-refractivity contribution is 14.1. The second kappa shape index (κ2) is 7.28. The summed E-state index contributed by atoms with van der Waals surface area (Å²) in [5, 5.41) is 2.84. The Balaban J connectivity index is 1.77. The summed E-state index contributed by atoms with van der Waals surface area (Å²) in [6.45, 7) is 2.59. The lowest BCUT2D eigenvalue weighted by Crippen LogP contribution is -2.28. The molecule has 0 saturated heterocycles. The van der Waals surface area contributed by atoms with E-state index in [1.165, 1.54) is 5.56 Å². The van der Waals surface area contributed by atoms with E-state index in [1.54, 1.807) is 0 Å². The number of hydrogen-bond donors (Lipinski definition) is 1. The van der Waals surface area contributed by atoms with Crippen molar-refractivity contribution in [2.75, 3.05) is 6.61 Å². The highest BCUT2D eigenvalue weighted by Crippen LogP contribution is 2.13. The van der Waals surface area contributed by atoms with E-state index in [0.29, 0.717) is 12.3 Å². The Morgan fingerprint density at radius 1 is 1.20 bits per heavy atom. The highest BCUT2D eigenvalue weighted by atomic mass is 127. The minimum absolute atomic E-state index is 0.0341. The van der Waals surface area contributed by atoms with Crippen molar-refractivity contribution < 1.29 is 9.53 Å². The predicted octanol–water partition coefficient (Wildman–Crippen LogP) is 3.29. The summed E-state index contributed by atoms with van der Waals surface area (Å²) in [5.41, 5.74) is 2.28. The van der Waals surface area contributed by atoms with Crippen LogP contribution in [0.5, 0.6) is 5.75 Å². The van der Waals surface area contributed by atoms with Gasteiger partial charge in [-0.2, -0.15) is 0 Å². The quantitative estimate of drug-likeness (QED) is 0.808. The lowest BCUT2D eigenvalue weighted by atomic mass is 10.1. The molecule has 4 heteroatoms. The second-order valence-corrected chi connectivity index (χ2v) is 5.75. The van der Waals surface area contributed by atoms with Gasteiger partial charge in [0.2, 0.25) is 0 Å². The molecule has 3 nitrogen and oxygen atoms in total. The lowest BCUT2D eigenvalue weighted by Gasteiger charge is -2.08. The number of ether oxygens (including phenoxy) is 1. The Morgan fingerprint density at radius 2 is 1.95 bits per heavy atom. The molecule has 0 heterocycles. The van der Waals surface area contributed by atoms with E-state index < -0.39 is 0 Å². The molecule has 0 aromatic heterocycles. The summed E-state index contributed by atoms with van der Waals surface area (Å²) in [7, 11) is 0. The SMILES string of the molecule is Cc1cccc(CNC(=O)COc2ccc(I)cc2)c1. The summed E-state index contributed by atoms with van der Waals surface area (Å²) < 4.78 is 6.56. The zero-order valence-electron chi connectivity index (χ0n) is 11.2. The van der Waals surface area contributed by atoms with E-state index in [0.717, 1.165) is 9.13 Å². The minimum atomic E-state index is -0.120. The third kappa shape index (κ3) is 4.85. The van der Waals surface area contributed by atoms with Crippen LogP contribution in [0.4, 0.5) is 0 Å². The fourth-order valence-electron chi connectivity index (χ4n) is 1.75. The molecule has 20 heavy (non-hydrogen) atoms. The number of rotatable bonds is 5. The Morgan fingerprint density at radius 3 is 2.65 bits per heavy atom. The number of carbonyl (C=O) groups excluding carboxylic acids is 1. The molecule has 104 valence electrons. The molecule has 1 amide bonds. The maximum Gasteiger partial charge on any atom is 0.258 e. The van der Waals surface area contributed by atoms with Crippen molar-refractivity contribution >= 4 is 28.5 Å². The molecule has 0 aliphatic carbocycles. The molecule has 0 fully saturated rings. The largest absolute Gasteiger partial charge is 0.484 e. The average Bonchev–Trinajstić information content (AvgIpc) is 2.45. The van der Waals surface area contributed by atoms with Crippen LogP contribution in [0.15, 0.2) is 48.5 Å². The van der Waals surface area contributed by atoms with Gasteiger partial charge in [-0.3, -0.25) is 4.79 Å². The van der Waals surface area contributed by atoms with Gasteiger partial charge in [0.1, 0.15) is 5.75 Å². The number of halogens is 1. The Hall–Kier alpha value is -1.56. The first kappa shape index (κ1) is 14.8. The molecule has 0 spiro atoms. The maximum atomic E-state index is 11.7. The smallest absolute Gasteiger partial charge is 0.258 e. The summed E-state index contributed by atoms with van der Waals surface area (Å²) in [6.07, 6.45) is 0. The van der Waals surface area contributed by atoms with Crippen LogP contribution in [-0.4, -0.2) is 12.5 Å². The molecule has 2 rings (SSSR count). The van der Waals surface area contributed by atoms with Gasteiger partial charge >= 0.3 is 0 Å². The molecular weight excluding hydrogens is 365 g/mol. The van der Waals surface area contributed by atoms with Crippen molar-refractivity contribution in [3.8, 4) is 5.75 Å². The van der Waals surface area contributed by atoms with Crippen LogP contribution in [0.2, 0.25) is 0 Å². The molecular formula is C16H16INO2. The fraction of sp³-hybridized carbons (Fsp3) is 0.188. The van der Waals surface area contributed by atoms with Gasteiger partial charge in [-0.05, 0) is 59.3 Å². The first-order valence-electron chi connectivity index (χ1n) is 6.34. The number of benzene rings is 2. The molecule has 2 aromatic rings. The normalized spacial score (nSPS) is 10.1. The molecule has 1 N–H and O–H groups in total. The average molecular weight is 381 g/mol. The van der Waals surface area contributed by atoms with Crippen molar-refractivity contribution in [2.24, 2.45) is 0 Å². The van der Waals surface area contributed by atoms with Gasteiger partial charge in [0.25, 0.3) is 5.91 Å². The van der Waals surface area contributed by atoms with Gasteiger partial charge in [-0.25, -0.2) is 0 Å². The van der Waals surface area contributed by atoms with Crippen molar-refractivity contribution in [2.45, 2.75) is 13.5 Å². The van der Waals surface area contributed by atoms with Gasteiger partial charge in [0, 0.05) is 10.1 Å². The molecule has 0 unspecified atom stereocenters. The Labute approximate surface area is 132 Å². The number of carbonyl (C=O) groups is 1. The molecule has 0 radical (unpaired) electrons. The van der Waals surface area contributed by atoms with Crippen LogP contribution < -0.4 is 10.1 Å². The minimum Gasteiger partial charge on any atom is -0.484 e. The number of amides is 1. The van der Waals surface area contributed by atoms with Crippen LogP contribution in [0.3, 0.4) is 0 Å². The van der Waals surface area contributed by atoms with E-state index >= 15 is 0 Å². The standard InChI is InChI=1S/C16H16INO2/c1-12-3-2-4-13(9-12)10-18-16(19)11-20-15-7-5-14(17)6-8-15/h2-9H,10-11H2,1H3,(H,18,19). The molecule has 2 aromatic carbocycles. The van der Waals surface area contributed by atoms with E-state index in [2.05, 4.69) is 34.0 Å². The van der Waals surface area contributed by atoms with E-state index in [4.69, 9.17) is 4.74 Å². The topological polar surface area (TPSA) is 38.3 Å².